The Morgan fingerprint density at radius 2 is 1.95 bits per heavy atom. The zero-order valence-corrected chi connectivity index (χ0v) is 10.8. The maximum atomic E-state index is 11.8. The zero-order valence-electron chi connectivity index (χ0n) is 10.8. The molecule has 1 aliphatic rings. The Labute approximate surface area is 112 Å². The van der Waals surface area contributed by atoms with Crippen molar-refractivity contribution in [3.05, 3.63) is 35.9 Å². The lowest BCUT2D eigenvalue weighted by atomic mass is 10.0. The van der Waals surface area contributed by atoms with Crippen LogP contribution in [0.15, 0.2) is 30.3 Å². The molecule has 0 aliphatic heterocycles. The topological polar surface area (TPSA) is 66.4 Å². The van der Waals surface area contributed by atoms with E-state index >= 15 is 0 Å². The van der Waals surface area contributed by atoms with E-state index in [9.17, 15) is 9.59 Å². The van der Waals surface area contributed by atoms with Crippen LogP contribution in [-0.4, -0.2) is 23.0 Å². The molecule has 4 heteroatoms. The molecule has 0 bridgehead atoms. The predicted molar refractivity (Wildman–Crippen MR) is 71.7 cm³/mol. The molecule has 2 atom stereocenters. The van der Waals surface area contributed by atoms with E-state index in [1.165, 1.54) is 0 Å². The Bertz CT molecular complexity index is 444. The molecule has 1 fully saturated rings. The van der Waals surface area contributed by atoms with Crippen molar-refractivity contribution in [1.29, 1.82) is 0 Å². The molecule has 0 spiro atoms. The highest BCUT2D eigenvalue weighted by Crippen LogP contribution is 2.25. The van der Waals surface area contributed by atoms with E-state index < -0.39 is 11.9 Å². The fourth-order valence-electron chi connectivity index (χ4n) is 2.61. The number of carbonyl (C=O) groups is 2. The number of hydrogen-bond acceptors (Lipinski definition) is 2. The molecule has 2 rings (SSSR count). The van der Waals surface area contributed by atoms with Crippen LogP contribution < -0.4 is 5.32 Å². The highest BCUT2D eigenvalue weighted by Gasteiger charge is 2.33. The second kappa shape index (κ2) is 6.36. The van der Waals surface area contributed by atoms with Crippen molar-refractivity contribution >= 4 is 11.9 Å². The summed E-state index contributed by atoms with van der Waals surface area (Å²) in [6.07, 6.45) is 3.41. The molecule has 1 amide bonds. The van der Waals surface area contributed by atoms with Crippen molar-refractivity contribution in [2.45, 2.75) is 38.1 Å². The normalized spacial score (nSPS) is 22.1. The van der Waals surface area contributed by atoms with Crippen LogP contribution in [-0.2, 0) is 16.0 Å². The first-order valence-electron chi connectivity index (χ1n) is 6.73. The molecule has 4 nitrogen and oxygen atoms in total. The summed E-state index contributed by atoms with van der Waals surface area (Å²) >= 11 is 0. The zero-order chi connectivity index (χ0) is 13.7. The first-order valence-corrected chi connectivity index (χ1v) is 6.73. The molecule has 102 valence electrons. The fraction of sp³-hybridized carbons (Fsp3) is 0.467. The molecule has 0 radical (unpaired) electrons. The van der Waals surface area contributed by atoms with Crippen LogP contribution in [0.25, 0.3) is 0 Å². The third-order valence-corrected chi connectivity index (χ3v) is 3.66. The fourth-order valence-corrected chi connectivity index (χ4v) is 2.61. The first kappa shape index (κ1) is 13.6. The van der Waals surface area contributed by atoms with Gasteiger partial charge in [-0.3, -0.25) is 9.59 Å². The van der Waals surface area contributed by atoms with Gasteiger partial charge in [-0.05, 0) is 24.8 Å². The van der Waals surface area contributed by atoms with Crippen molar-refractivity contribution in [2.75, 3.05) is 0 Å². The number of amides is 1. The summed E-state index contributed by atoms with van der Waals surface area (Å²) < 4.78 is 0. The summed E-state index contributed by atoms with van der Waals surface area (Å²) in [7, 11) is 0. The standard InChI is InChI=1S/C15H19NO3/c17-14(10-9-11-5-2-1-3-6-11)16-13-8-4-7-12(13)15(18)19/h1-3,5-6,12-13H,4,7-10H2,(H,16,17)(H,18,19). The molecule has 2 unspecified atom stereocenters. The van der Waals surface area contributed by atoms with Crippen molar-refractivity contribution < 1.29 is 14.7 Å². The number of carboxylic acids is 1. The molecule has 0 aromatic heterocycles. The molecule has 1 saturated carbocycles. The minimum Gasteiger partial charge on any atom is -0.481 e. The van der Waals surface area contributed by atoms with Crippen LogP contribution in [0.2, 0.25) is 0 Å². The summed E-state index contributed by atoms with van der Waals surface area (Å²) in [5, 5.41) is 11.9. The maximum absolute atomic E-state index is 11.8. The van der Waals surface area contributed by atoms with Gasteiger partial charge in [0, 0.05) is 12.5 Å². The molecule has 0 heterocycles. The Morgan fingerprint density at radius 3 is 2.63 bits per heavy atom. The number of carboxylic acid groups (broad SMARTS) is 1. The van der Waals surface area contributed by atoms with Crippen molar-refractivity contribution in [1.82, 2.24) is 5.32 Å². The van der Waals surface area contributed by atoms with Crippen molar-refractivity contribution in [3.63, 3.8) is 0 Å². The SMILES string of the molecule is O=C(CCc1ccccc1)NC1CCCC1C(=O)O. The summed E-state index contributed by atoms with van der Waals surface area (Å²) in [5.74, 6) is -1.27. The van der Waals surface area contributed by atoms with Crippen molar-refractivity contribution in [2.24, 2.45) is 5.92 Å². The molecule has 2 N–H and O–H groups in total. The van der Waals surface area contributed by atoms with Gasteiger partial charge in [0.2, 0.25) is 5.91 Å². The highest BCUT2D eigenvalue weighted by molar-refractivity contribution is 5.78. The van der Waals surface area contributed by atoms with Gasteiger partial charge in [0.1, 0.15) is 0 Å². The molecular weight excluding hydrogens is 242 g/mol. The Hall–Kier alpha value is -1.84. The minimum absolute atomic E-state index is 0.0537. The van der Waals surface area contributed by atoms with Gasteiger partial charge in [0.15, 0.2) is 0 Å². The van der Waals surface area contributed by atoms with E-state index in [2.05, 4.69) is 5.32 Å². The lowest BCUT2D eigenvalue weighted by Crippen LogP contribution is -2.40. The number of aliphatic carboxylic acids is 1. The Balaban J connectivity index is 1.80. The van der Waals surface area contributed by atoms with Gasteiger partial charge in [0.25, 0.3) is 0 Å². The van der Waals surface area contributed by atoms with Gasteiger partial charge in [-0.25, -0.2) is 0 Å². The van der Waals surface area contributed by atoms with E-state index in [1.807, 2.05) is 30.3 Å². The second-order valence-corrected chi connectivity index (χ2v) is 5.04. The molecule has 1 aromatic rings. The van der Waals surface area contributed by atoms with E-state index in [0.717, 1.165) is 18.4 Å². The lowest BCUT2D eigenvalue weighted by Gasteiger charge is -2.17. The van der Waals surface area contributed by atoms with Crippen molar-refractivity contribution in [3.8, 4) is 0 Å². The number of rotatable bonds is 5. The number of nitrogens with one attached hydrogen (secondary N) is 1. The first-order chi connectivity index (χ1) is 9.16. The average Bonchev–Trinajstić information content (AvgIpc) is 2.86. The molecular formula is C15H19NO3. The summed E-state index contributed by atoms with van der Waals surface area (Å²) in [5.41, 5.74) is 1.12. The largest absolute Gasteiger partial charge is 0.481 e. The van der Waals surface area contributed by atoms with Gasteiger partial charge in [0.05, 0.1) is 5.92 Å². The Morgan fingerprint density at radius 1 is 1.21 bits per heavy atom. The lowest BCUT2D eigenvalue weighted by molar-refractivity contribution is -0.142. The number of hydrogen-bond donors (Lipinski definition) is 2. The predicted octanol–water partition coefficient (Wildman–Crippen LogP) is 1.99. The quantitative estimate of drug-likeness (QED) is 0.851. The Kier molecular flexibility index (Phi) is 4.55. The highest BCUT2D eigenvalue weighted by atomic mass is 16.4. The van der Waals surface area contributed by atoms with Gasteiger partial charge in [-0.15, -0.1) is 0 Å². The number of aryl methyl sites for hydroxylation is 1. The molecule has 0 saturated heterocycles. The second-order valence-electron chi connectivity index (χ2n) is 5.04. The number of carbonyl (C=O) groups excluding carboxylic acids is 1. The maximum Gasteiger partial charge on any atom is 0.308 e. The number of benzene rings is 1. The van der Waals surface area contributed by atoms with Gasteiger partial charge in [-0.2, -0.15) is 0 Å². The third-order valence-electron chi connectivity index (χ3n) is 3.66. The van der Waals surface area contributed by atoms with E-state index in [-0.39, 0.29) is 11.9 Å². The monoisotopic (exact) mass is 261 g/mol. The van der Waals surface area contributed by atoms with Crippen LogP contribution >= 0.6 is 0 Å². The van der Waals surface area contributed by atoms with E-state index in [0.29, 0.717) is 19.3 Å². The summed E-state index contributed by atoms with van der Waals surface area (Å²) in [4.78, 5) is 22.9. The van der Waals surface area contributed by atoms with Gasteiger partial charge < -0.3 is 10.4 Å². The molecule has 1 aromatic carbocycles. The molecule has 19 heavy (non-hydrogen) atoms. The summed E-state index contributed by atoms with van der Waals surface area (Å²) in [6.45, 7) is 0. The average molecular weight is 261 g/mol. The van der Waals surface area contributed by atoms with Crippen LogP contribution in [0, 0.1) is 5.92 Å². The van der Waals surface area contributed by atoms with Crippen LogP contribution in [0.3, 0.4) is 0 Å². The smallest absolute Gasteiger partial charge is 0.308 e. The third kappa shape index (κ3) is 3.81. The minimum atomic E-state index is -0.800. The van der Waals surface area contributed by atoms with E-state index in [1.54, 1.807) is 0 Å². The van der Waals surface area contributed by atoms with Gasteiger partial charge in [-0.1, -0.05) is 36.8 Å². The van der Waals surface area contributed by atoms with Crippen LogP contribution in [0.5, 0.6) is 0 Å². The van der Waals surface area contributed by atoms with Crippen LogP contribution in [0.4, 0.5) is 0 Å². The summed E-state index contributed by atoms with van der Waals surface area (Å²) in [6, 6.07) is 9.63. The van der Waals surface area contributed by atoms with E-state index in [4.69, 9.17) is 5.11 Å². The molecule has 1 aliphatic carbocycles. The van der Waals surface area contributed by atoms with Gasteiger partial charge >= 0.3 is 5.97 Å². The van der Waals surface area contributed by atoms with Crippen LogP contribution in [0.1, 0.15) is 31.2 Å².